The zero-order valence-electron chi connectivity index (χ0n) is 13.2. The molecular formula is C14H34IN4-. The van der Waals surface area contributed by atoms with Gasteiger partial charge < -0.3 is 0 Å². The van der Waals surface area contributed by atoms with Gasteiger partial charge in [0.05, 0.1) is 0 Å². The summed E-state index contributed by atoms with van der Waals surface area (Å²) in [7, 11) is 2.19. The second-order valence-electron chi connectivity index (χ2n) is 5.34. The van der Waals surface area contributed by atoms with E-state index in [1.807, 2.05) is 0 Å². The van der Waals surface area contributed by atoms with Gasteiger partial charge in [-0.1, -0.05) is 0 Å². The molecule has 0 radical (unpaired) electrons. The van der Waals surface area contributed by atoms with Crippen LogP contribution in [0.5, 0.6) is 0 Å². The molecule has 4 nitrogen and oxygen atoms in total. The topological polar surface area (TPSA) is 58.5 Å². The van der Waals surface area contributed by atoms with Crippen LogP contribution in [-0.4, -0.2) is 51.3 Å². The van der Waals surface area contributed by atoms with Crippen molar-refractivity contribution in [3.8, 4) is 0 Å². The molecule has 0 aromatic rings. The third-order valence-electron chi connectivity index (χ3n) is 3.07. The molecule has 0 bridgehead atoms. The normalized spacial score (nSPS) is 15.4. The molecule has 118 valence electrons. The molecule has 2 unspecified atom stereocenters. The van der Waals surface area contributed by atoms with Gasteiger partial charge in [0.15, 0.2) is 0 Å². The van der Waals surface area contributed by atoms with E-state index in [1.165, 1.54) is 17.4 Å². The van der Waals surface area contributed by atoms with Crippen LogP contribution >= 0.6 is 0 Å². The van der Waals surface area contributed by atoms with Gasteiger partial charge in [0.1, 0.15) is 0 Å². The summed E-state index contributed by atoms with van der Waals surface area (Å²) in [4.78, 5) is 2.39. The molecule has 0 heterocycles. The van der Waals surface area contributed by atoms with Crippen molar-refractivity contribution in [2.24, 2.45) is 11.5 Å². The fraction of sp³-hybridized carbons (Fsp3) is 1.00. The standard InChI is InChI=1S/C14H34IN4/c1-5-8-13(16)10-18(4)12-15-19(7-3)11-14(17)9-6-2/h13-14H,5-12,16-17H2,1-4H3/q-1. The molecule has 5 heteroatoms. The molecule has 0 spiro atoms. The van der Waals surface area contributed by atoms with E-state index in [0.717, 1.165) is 32.5 Å². The first-order valence-electron chi connectivity index (χ1n) is 7.57. The van der Waals surface area contributed by atoms with Crippen LogP contribution in [0.25, 0.3) is 0 Å². The number of nitrogens with zero attached hydrogens (tertiary/aromatic N) is 2. The maximum absolute atomic E-state index is 6.13. The van der Waals surface area contributed by atoms with E-state index in [2.05, 4.69) is 35.8 Å². The minimum absolute atomic E-state index is 0.0556. The fourth-order valence-corrected chi connectivity index (χ4v) is 4.55. The Hall–Kier alpha value is 0.570. The molecule has 0 aliphatic carbocycles. The van der Waals surface area contributed by atoms with E-state index in [-0.39, 0.29) is 21.5 Å². The predicted molar refractivity (Wildman–Crippen MR) is 80.5 cm³/mol. The van der Waals surface area contributed by atoms with Crippen LogP contribution in [0.4, 0.5) is 0 Å². The first-order valence-corrected chi connectivity index (χ1v) is 10.1. The monoisotopic (exact) mass is 385 g/mol. The molecule has 19 heavy (non-hydrogen) atoms. The minimum atomic E-state index is 0.0556. The second-order valence-corrected chi connectivity index (χ2v) is 8.07. The quantitative estimate of drug-likeness (QED) is 0.185. The van der Waals surface area contributed by atoms with Crippen molar-refractivity contribution in [2.45, 2.75) is 58.5 Å². The van der Waals surface area contributed by atoms with Crippen molar-refractivity contribution in [3.63, 3.8) is 0 Å². The van der Waals surface area contributed by atoms with Crippen molar-refractivity contribution >= 4 is 0 Å². The number of alkyl halides is 1. The molecule has 0 fully saturated rings. The van der Waals surface area contributed by atoms with Crippen LogP contribution in [0.2, 0.25) is 0 Å². The van der Waals surface area contributed by atoms with Gasteiger partial charge >= 0.3 is 131 Å². The summed E-state index contributed by atoms with van der Waals surface area (Å²) in [5.74, 6) is 0. The van der Waals surface area contributed by atoms with Gasteiger partial charge in [0.25, 0.3) is 0 Å². The van der Waals surface area contributed by atoms with Gasteiger partial charge in [-0.15, -0.1) is 0 Å². The first-order chi connectivity index (χ1) is 9.03. The zero-order chi connectivity index (χ0) is 14.7. The molecule has 0 aromatic carbocycles. The average molecular weight is 385 g/mol. The molecular weight excluding hydrogens is 351 g/mol. The number of rotatable bonds is 12. The number of hydrogen-bond donors (Lipinski definition) is 2. The summed E-state index contributed by atoms with van der Waals surface area (Å²) in [5.41, 5.74) is 12.2. The van der Waals surface area contributed by atoms with Gasteiger partial charge in [-0.3, -0.25) is 0 Å². The maximum atomic E-state index is 6.13. The molecule has 0 aliphatic heterocycles. The summed E-state index contributed by atoms with van der Waals surface area (Å²) < 4.78 is 3.74. The Morgan fingerprint density at radius 3 is 1.95 bits per heavy atom. The van der Waals surface area contributed by atoms with E-state index >= 15 is 0 Å². The van der Waals surface area contributed by atoms with E-state index in [4.69, 9.17) is 11.5 Å². The predicted octanol–water partition coefficient (Wildman–Crippen LogP) is -1.54. The SMILES string of the molecule is CCCC(N)CN(C)C[I-]N(CC)CC(N)CCC. The number of likely N-dealkylation sites (N-methyl/N-ethyl adjacent to an activating group) is 2. The molecule has 0 aliphatic rings. The molecule has 0 amide bonds. The molecule has 0 saturated heterocycles. The van der Waals surface area contributed by atoms with Crippen molar-refractivity contribution in [1.82, 2.24) is 8.01 Å². The summed E-state index contributed by atoms with van der Waals surface area (Å²) in [6.45, 7) is 9.84. The van der Waals surface area contributed by atoms with Crippen LogP contribution in [0.1, 0.15) is 46.5 Å². The summed E-state index contributed by atoms with van der Waals surface area (Å²) in [5, 5.41) is 0. The fourth-order valence-electron chi connectivity index (χ4n) is 2.06. The Morgan fingerprint density at radius 2 is 1.47 bits per heavy atom. The Morgan fingerprint density at radius 1 is 0.947 bits per heavy atom. The third kappa shape index (κ3) is 11.0. The van der Waals surface area contributed by atoms with E-state index in [0.29, 0.717) is 12.1 Å². The summed E-state index contributed by atoms with van der Waals surface area (Å²) >= 11 is 0.0556. The third-order valence-corrected chi connectivity index (χ3v) is 6.58. The molecule has 0 aromatic heterocycles. The second kappa shape index (κ2) is 12.3. The van der Waals surface area contributed by atoms with E-state index < -0.39 is 0 Å². The van der Waals surface area contributed by atoms with Crippen molar-refractivity contribution in [1.29, 1.82) is 0 Å². The number of hydrogen-bond acceptors (Lipinski definition) is 4. The van der Waals surface area contributed by atoms with Crippen LogP contribution in [-0.2, 0) is 0 Å². The van der Waals surface area contributed by atoms with Crippen LogP contribution in [0.15, 0.2) is 0 Å². The van der Waals surface area contributed by atoms with Crippen LogP contribution in [0, 0.1) is 0 Å². The molecule has 4 N–H and O–H groups in total. The molecule has 0 saturated carbocycles. The Balaban J connectivity index is 3.86. The summed E-state index contributed by atoms with van der Waals surface area (Å²) in [6.07, 6.45) is 4.62. The first kappa shape index (κ1) is 19.6. The van der Waals surface area contributed by atoms with Crippen LogP contribution in [0.3, 0.4) is 0 Å². The van der Waals surface area contributed by atoms with E-state index in [1.54, 1.807) is 0 Å². The Labute approximate surface area is 130 Å². The van der Waals surface area contributed by atoms with Gasteiger partial charge in [0.2, 0.25) is 0 Å². The zero-order valence-corrected chi connectivity index (χ0v) is 15.4. The average Bonchev–Trinajstić information content (AvgIpc) is 2.34. The van der Waals surface area contributed by atoms with Gasteiger partial charge in [-0.25, -0.2) is 0 Å². The van der Waals surface area contributed by atoms with Crippen molar-refractivity contribution in [3.05, 3.63) is 0 Å². The van der Waals surface area contributed by atoms with Crippen LogP contribution < -0.4 is 32.9 Å². The Kier molecular flexibility index (Phi) is 12.7. The van der Waals surface area contributed by atoms with E-state index in [9.17, 15) is 0 Å². The van der Waals surface area contributed by atoms with Gasteiger partial charge in [-0.05, 0) is 0 Å². The summed E-state index contributed by atoms with van der Waals surface area (Å²) in [6, 6.07) is 0.675. The molecule has 0 rings (SSSR count). The number of nitrogens with two attached hydrogens (primary N) is 2. The van der Waals surface area contributed by atoms with Gasteiger partial charge in [0, 0.05) is 0 Å². The number of halogens is 1. The van der Waals surface area contributed by atoms with Crippen molar-refractivity contribution < 1.29 is 21.5 Å². The Bertz CT molecular complexity index is 204. The van der Waals surface area contributed by atoms with Crippen molar-refractivity contribution in [2.75, 3.05) is 31.2 Å². The van der Waals surface area contributed by atoms with Gasteiger partial charge in [-0.2, -0.15) is 0 Å². The molecule has 2 atom stereocenters.